The Bertz CT molecular complexity index is 1520. The molecule has 0 radical (unpaired) electrons. The summed E-state index contributed by atoms with van der Waals surface area (Å²) >= 11 is 13.0. The zero-order valence-corrected chi connectivity index (χ0v) is 24.1. The van der Waals surface area contributed by atoms with Gasteiger partial charge in [0.05, 0.1) is 36.7 Å². The van der Waals surface area contributed by atoms with Crippen molar-refractivity contribution in [1.82, 2.24) is 24.9 Å². The minimum absolute atomic E-state index is 0.141. The third-order valence-corrected chi connectivity index (χ3v) is 8.75. The number of carbonyl (C=O) groups excluding carboxylic acids is 2. The van der Waals surface area contributed by atoms with Gasteiger partial charge in [-0.2, -0.15) is 0 Å². The summed E-state index contributed by atoms with van der Waals surface area (Å²) in [7, 11) is -3.56. The molecule has 2 aromatic carbocycles. The molecule has 2 aliphatic rings. The van der Waals surface area contributed by atoms with E-state index in [1.54, 1.807) is 66.0 Å². The SMILES string of the molecule is CS(=O)(=O)N[C@H]1CCCCC1N1C(=O)c2ccccc2[C@@H](C(=O)NCc2cnccn2)[C@@H]1c1ccc(Cl)cc1Cl. The smallest absolute Gasteiger partial charge is 0.255 e. The maximum atomic E-state index is 14.3. The van der Waals surface area contributed by atoms with Crippen LogP contribution < -0.4 is 10.0 Å². The summed E-state index contributed by atoms with van der Waals surface area (Å²) in [5, 5.41) is 3.70. The van der Waals surface area contributed by atoms with E-state index in [0.29, 0.717) is 45.3 Å². The minimum atomic E-state index is -3.56. The van der Waals surface area contributed by atoms with Gasteiger partial charge in [-0.1, -0.05) is 60.3 Å². The second-order valence-electron chi connectivity index (χ2n) is 10.2. The summed E-state index contributed by atoms with van der Waals surface area (Å²) < 4.78 is 27.4. The molecule has 1 aromatic heterocycles. The molecule has 1 unspecified atom stereocenters. The summed E-state index contributed by atoms with van der Waals surface area (Å²) in [6.07, 6.45) is 8.54. The number of amides is 2. The van der Waals surface area contributed by atoms with Crippen LogP contribution >= 0.6 is 23.2 Å². The van der Waals surface area contributed by atoms with E-state index in [1.165, 1.54) is 0 Å². The molecule has 4 atom stereocenters. The molecule has 1 fully saturated rings. The summed E-state index contributed by atoms with van der Waals surface area (Å²) in [5.74, 6) is -1.45. The fraction of sp³-hybridized carbons (Fsp3) is 0.357. The standard InChI is InChI=1S/C28H29Cl2N5O4S/c1-40(38,39)34-23-8-4-5-9-24(23)35-26(21-11-10-17(29)14-22(21)30)25(19-6-2-3-7-20(19)28(35)37)27(36)33-16-18-15-31-12-13-32-18/h2-3,6-7,10-15,23-26,34H,4-5,8-9,16H2,1H3,(H,33,36)/t23-,24?,25+,26-/m0/s1. The van der Waals surface area contributed by atoms with Crippen LogP contribution in [0.3, 0.4) is 0 Å². The Labute approximate surface area is 243 Å². The van der Waals surface area contributed by atoms with E-state index in [4.69, 9.17) is 23.2 Å². The molecule has 2 amide bonds. The molecule has 210 valence electrons. The van der Waals surface area contributed by atoms with Crippen LogP contribution in [0.25, 0.3) is 0 Å². The molecule has 40 heavy (non-hydrogen) atoms. The average Bonchev–Trinajstić information content (AvgIpc) is 2.92. The second-order valence-corrected chi connectivity index (χ2v) is 12.8. The highest BCUT2D eigenvalue weighted by molar-refractivity contribution is 7.88. The molecule has 9 nitrogen and oxygen atoms in total. The highest BCUT2D eigenvalue weighted by Crippen LogP contribution is 2.47. The molecule has 3 aromatic rings. The van der Waals surface area contributed by atoms with Crippen LogP contribution in [-0.2, 0) is 21.4 Å². The van der Waals surface area contributed by atoms with E-state index < -0.39 is 34.1 Å². The largest absolute Gasteiger partial charge is 0.350 e. The van der Waals surface area contributed by atoms with Gasteiger partial charge < -0.3 is 10.2 Å². The maximum Gasteiger partial charge on any atom is 0.255 e. The highest BCUT2D eigenvalue weighted by atomic mass is 35.5. The lowest BCUT2D eigenvalue weighted by Gasteiger charge is -2.49. The molecule has 5 rings (SSSR count). The first-order valence-corrected chi connectivity index (χ1v) is 15.6. The first kappa shape index (κ1) is 28.5. The Balaban J connectivity index is 1.65. The van der Waals surface area contributed by atoms with Crippen molar-refractivity contribution in [2.24, 2.45) is 0 Å². The first-order valence-electron chi connectivity index (χ1n) is 13.0. The Kier molecular flexibility index (Phi) is 8.42. The van der Waals surface area contributed by atoms with Gasteiger partial charge in [0.15, 0.2) is 0 Å². The van der Waals surface area contributed by atoms with E-state index in [-0.39, 0.29) is 18.4 Å². The number of nitrogens with one attached hydrogen (secondary N) is 2. The summed E-state index contributed by atoms with van der Waals surface area (Å²) in [6.45, 7) is 0.141. The number of rotatable bonds is 7. The van der Waals surface area contributed by atoms with Gasteiger partial charge in [-0.3, -0.25) is 19.6 Å². The molecule has 1 saturated carbocycles. The molecule has 2 N–H and O–H groups in total. The third kappa shape index (κ3) is 6.00. The number of halogens is 2. The van der Waals surface area contributed by atoms with Gasteiger partial charge in [-0.25, -0.2) is 13.1 Å². The van der Waals surface area contributed by atoms with E-state index in [0.717, 1.165) is 19.1 Å². The quantitative estimate of drug-likeness (QED) is 0.418. The number of fused-ring (bicyclic) bond motifs is 1. The first-order chi connectivity index (χ1) is 19.1. The van der Waals surface area contributed by atoms with Crippen LogP contribution in [0.4, 0.5) is 0 Å². The topological polar surface area (TPSA) is 121 Å². The number of hydrogen-bond acceptors (Lipinski definition) is 6. The van der Waals surface area contributed by atoms with Crippen molar-refractivity contribution >= 4 is 45.0 Å². The van der Waals surface area contributed by atoms with Crippen molar-refractivity contribution in [1.29, 1.82) is 0 Å². The predicted molar refractivity (Wildman–Crippen MR) is 152 cm³/mol. The fourth-order valence-corrected chi connectivity index (χ4v) is 7.18. The van der Waals surface area contributed by atoms with Crippen molar-refractivity contribution in [2.45, 2.75) is 56.3 Å². The van der Waals surface area contributed by atoms with Crippen LogP contribution in [0.5, 0.6) is 0 Å². The number of sulfonamides is 1. The second kappa shape index (κ2) is 11.8. The van der Waals surface area contributed by atoms with Gasteiger partial charge in [0.25, 0.3) is 5.91 Å². The fourth-order valence-electron chi connectivity index (χ4n) is 5.84. The monoisotopic (exact) mass is 601 g/mol. The van der Waals surface area contributed by atoms with Gasteiger partial charge in [-0.05, 0) is 42.2 Å². The zero-order chi connectivity index (χ0) is 28.4. The average molecular weight is 603 g/mol. The molecule has 1 aliphatic heterocycles. The van der Waals surface area contributed by atoms with Gasteiger partial charge in [-0.15, -0.1) is 0 Å². The van der Waals surface area contributed by atoms with Crippen LogP contribution in [0.15, 0.2) is 61.1 Å². The highest BCUT2D eigenvalue weighted by Gasteiger charge is 2.49. The number of benzene rings is 2. The Morgan fingerprint density at radius 3 is 2.58 bits per heavy atom. The molecular formula is C28H29Cl2N5O4S. The number of aromatic nitrogens is 2. The van der Waals surface area contributed by atoms with Crippen molar-refractivity contribution in [3.63, 3.8) is 0 Å². The molecule has 12 heteroatoms. The van der Waals surface area contributed by atoms with E-state index in [1.807, 2.05) is 0 Å². The zero-order valence-electron chi connectivity index (χ0n) is 21.8. The van der Waals surface area contributed by atoms with Gasteiger partial charge in [0.2, 0.25) is 15.9 Å². The summed E-state index contributed by atoms with van der Waals surface area (Å²) in [4.78, 5) is 38.3. The van der Waals surface area contributed by atoms with Crippen molar-refractivity contribution < 1.29 is 18.0 Å². The number of hydrogen-bond donors (Lipinski definition) is 2. The lowest BCUT2D eigenvalue weighted by atomic mass is 9.76. The van der Waals surface area contributed by atoms with E-state index in [2.05, 4.69) is 20.0 Å². The number of carbonyl (C=O) groups is 2. The van der Waals surface area contributed by atoms with Crippen molar-refractivity contribution in [3.8, 4) is 0 Å². The van der Waals surface area contributed by atoms with Gasteiger partial charge in [0.1, 0.15) is 0 Å². The molecule has 0 saturated heterocycles. The lowest BCUT2D eigenvalue weighted by Crippen LogP contribution is -2.59. The van der Waals surface area contributed by atoms with Gasteiger partial charge >= 0.3 is 0 Å². The van der Waals surface area contributed by atoms with Crippen LogP contribution in [0.1, 0.15) is 64.8 Å². The lowest BCUT2D eigenvalue weighted by molar-refractivity contribution is -0.124. The number of nitrogens with zero attached hydrogens (tertiary/aromatic N) is 3. The molecule has 0 spiro atoms. The Hall–Kier alpha value is -3.05. The third-order valence-electron chi connectivity index (χ3n) is 7.45. The van der Waals surface area contributed by atoms with Crippen LogP contribution in [0, 0.1) is 0 Å². The maximum absolute atomic E-state index is 14.3. The summed E-state index contributed by atoms with van der Waals surface area (Å²) in [6, 6.07) is 10.2. The summed E-state index contributed by atoms with van der Waals surface area (Å²) in [5.41, 5.74) is 2.10. The Morgan fingerprint density at radius 1 is 1.07 bits per heavy atom. The van der Waals surface area contributed by atoms with E-state index in [9.17, 15) is 18.0 Å². The van der Waals surface area contributed by atoms with Crippen molar-refractivity contribution in [2.75, 3.05) is 6.26 Å². The Morgan fingerprint density at radius 2 is 1.85 bits per heavy atom. The normalized spacial score (nSPS) is 23.0. The molecule has 2 heterocycles. The molecule has 1 aliphatic carbocycles. The molecule has 0 bridgehead atoms. The minimum Gasteiger partial charge on any atom is -0.350 e. The van der Waals surface area contributed by atoms with Crippen LogP contribution in [-0.4, -0.2) is 53.4 Å². The molecular weight excluding hydrogens is 573 g/mol. The van der Waals surface area contributed by atoms with Gasteiger partial charge in [0, 0.05) is 40.1 Å². The van der Waals surface area contributed by atoms with Crippen molar-refractivity contribution in [3.05, 3.63) is 93.5 Å². The van der Waals surface area contributed by atoms with E-state index >= 15 is 0 Å². The predicted octanol–water partition coefficient (Wildman–Crippen LogP) is 4.24. The van der Waals surface area contributed by atoms with Crippen LogP contribution in [0.2, 0.25) is 10.0 Å².